The van der Waals surface area contributed by atoms with Crippen LogP contribution in [0, 0.1) is 0 Å². The number of benzene rings is 3. The minimum atomic E-state index is -0.358. The lowest BCUT2D eigenvalue weighted by Gasteiger charge is -2.12. The fourth-order valence-electron chi connectivity index (χ4n) is 3.05. The molecule has 0 unspecified atom stereocenters. The molecule has 4 aromatic rings. The molecule has 0 bridgehead atoms. The van der Waals surface area contributed by atoms with Gasteiger partial charge < -0.3 is 15.4 Å². The van der Waals surface area contributed by atoms with Crippen molar-refractivity contribution < 1.29 is 14.3 Å². The molecule has 0 spiro atoms. The Kier molecular flexibility index (Phi) is 5.39. The number of methoxy groups -OCH3 is 1. The van der Waals surface area contributed by atoms with E-state index in [9.17, 15) is 9.59 Å². The highest BCUT2D eigenvalue weighted by molar-refractivity contribution is 6.12. The zero-order chi connectivity index (χ0) is 20.9. The van der Waals surface area contributed by atoms with Crippen molar-refractivity contribution in [1.29, 1.82) is 0 Å². The van der Waals surface area contributed by atoms with Gasteiger partial charge in [-0.25, -0.2) is 4.98 Å². The van der Waals surface area contributed by atoms with Gasteiger partial charge in [0.1, 0.15) is 11.6 Å². The van der Waals surface area contributed by atoms with Gasteiger partial charge in [-0.3, -0.25) is 9.59 Å². The molecule has 2 amide bonds. The van der Waals surface area contributed by atoms with Crippen LogP contribution in [-0.4, -0.2) is 23.9 Å². The van der Waals surface area contributed by atoms with Crippen molar-refractivity contribution >= 4 is 34.2 Å². The lowest BCUT2D eigenvalue weighted by molar-refractivity contribution is 0.102. The second-order valence-corrected chi connectivity index (χ2v) is 6.57. The Bertz CT molecular complexity index is 1220. The van der Waals surface area contributed by atoms with E-state index in [1.54, 1.807) is 61.7 Å². The molecule has 3 aromatic carbocycles. The molecule has 0 atom stereocenters. The quantitative estimate of drug-likeness (QED) is 0.509. The Morgan fingerprint density at radius 3 is 2.30 bits per heavy atom. The molecule has 0 aliphatic rings. The van der Waals surface area contributed by atoms with Gasteiger partial charge in [-0.1, -0.05) is 30.3 Å². The van der Waals surface area contributed by atoms with Crippen LogP contribution in [0.4, 0.5) is 11.5 Å². The molecule has 1 aromatic heterocycles. The zero-order valence-corrected chi connectivity index (χ0v) is 16.3. The van der Waals surface area contributed by atoms with Gasteiger partial charge in [0, 0.05) is 10.9 Å². The second-order valence-electron chi connectivity index (χ2n) is 6.57. The molecule has 1 heterocycles. The molecule has 0 fully saturated rings. The van der Waals surface area contributed by atoms with Gasteiger partial charge in [-0.15, -0.1) is 0 Å². The summed E-state index contributed by atoms with van der Waals surface area (Å²) in [7, 11) is 1.56. The lowest BCUT2D eigenvalue weighted by Crippen LogP contribution is -2.18. The molecule has 148 valence electrons. The van der Waals surface area contributed by atoms with Crippen molar-refractivity contribution in [2.45, 2.75) is 0 Å². The second kappa shape index (κ2) is 8.45. The van der Waals surface area contributed by atoms with Gasteiger partial charge in [-0.05, 0) is 54.6 Å². The van der Waals surface area contributed by atoms with Crippen LogP contribution in [0.25, 0.3) is 10.9 Å². The minimum absolute atomic E-state index is 0.318. The van der Waals surface area contributed by atoms with Crippen LogP contribution in [0.1, 0.15) is 20.7 Å². The van der Waals surface area contributed by atoms with Gasteiger partial charge in [0.2, 0.25) is 0 Å². The van der Waals surface area contributed by atoms with Gasteiger partial charge in [0.25, 0.3) is 11.8 Å². The van der Waals surface area contributed by atoms with E-state index in [0.717, 1.165) is 10.9 Å². The van der Waals surface area contributed by atoms with E-state index < -0.39 is 0 Å². The number of hydrogen-bond acceptors (Lipinski definition) is 4. The standard InChI is InChI=1S/C24H19N3O3/c1-30-18-13-10-17(11-14-18)23(28)26-21-9-5-3-7-19(21)24(29)27-22-15-12-16-6-2-4-8-20(16)25-22/h2-15H,1H3,(H,26,28)(H,25,27,29). The molecule has 6 heteroatoms. The molecular weight excluding hydrogens is 378 g/mol. The lowest BCUT2D eigenvalue weighted by atomic mass is 10.1. The smallest absolute Gasteiger partial charge is 0.258 e. The van der Waals surface area contributed by atoms with Crippen molar-refractivity contribution in [3.63, 3.8) is 0 Å². The fourth-order valence-corrected chi connectivity index (χ4v) is 3.05. The Hall–Kier alpha value is -4.19. The minimum Gasteiger partial charge on any atom is -0.497 e. The molecule has 2 N–H and O–H groups in total. The van der Waals surface area contributed by atoms with Crippen LogP contribution in [0.15, 0.2) is 84.9 Å². The van der Waals surface area contributed by atoms with Crippen molar-refractivity contribution in [3.8, 4) is 5.75 Å². The molecular formula is C24H19N3O3. The van der Waals surface area contributed by atoms with Gasteiger partial charge >= 0.3 is 0 Å². The maximum Gasteiger partial charge on any atom is 0.258 e. The number of fused-ring (bicyclic) bond motifs is 1. The topological polar surface area (TPSA) is 80.3 Å². The third kappa shape index (κ3) is 4.12. The maximum atomic E-state index is 12.9. The summed E-state index contributed by atoms with van der Waals surface area (Å²) < 4.78 is 5.11. The van der Waals surface area contributed by atoms with Gasteiger partial charge in [-0.2, -0.15) is 0 Å². The van der Waals surface area contributed by atoms with Crippen molar-refractivity contribution in [1.82, 2.24) is 4.98 Å². The average Bonchev–Trinajstić information content (AvgIpc) is 2.79. The molecule has 4 rings (SSSR count). The Morgan fingerprint density at radius 1 is 0.767 bits per heavy atom. The van der Waals surface area contributed by atoms with E-state index in [1.807, 2.05) is 30.3 Å². The zero-order valence-electron chi connectivity index (χ0n) is 16.3. The summed E-state index contributed by atoms with van der Waals surface area (Å²) in [4.78, 5) is 29.9. The van der Waals surface area contributed by atoms with Crippen LogP contribution in [0.5, 0.6) is 5.75 Å². The largest absolute Gasteiger partial charge is 0.497 e. The number of rotatable bonds is 5. The summed E-state index contributed by atoms with van der Waals surface area (Å²) in [6.45, 7) is 0. The van der Waals surface area contributed by atoms with Crippen LogP contribution in [0.2, 0.25) is 0 Å². The maximum absolute atomic E-state index is 12.9. The molecule has 0 aliphatic carbocycles. The van der Waals surface area contributed by atoms with E-state index in [1.165, 1.54) is 0 Å². The van der Waals surface area contributed by atoms with Crippen molar-refractivity contribution in [2.75, 3.05) is 17.7 Å². The van der Waals surface area contributed by atoms with E-state index in [2.05, 4.69) is 15.6 Å². The van der Waals surface area contributed by atoms with E-state index in [0.29, 0.717) is 28.4 Å². The van der Waals surface area contributed by atoms with Crippen LogP contribution in [0.3, 0.4) is 0 Å². The Balaban J connectivity index is 1.54. The monoisotopic (exact) mass is 397 g/mol. The first-order valence-electron chi connectivity index (χ1n) is 9.35. The summed E-state index contributed by atoms with van der Waals surface area (Å²) in [5.74, 6) is 0.425. The number of anilines is 2. The van der Waals surface area contributed by atoms with Gasteiger partial charge in [0.05, 0.1) is 23.9 Å². The number of hydrogen-bond donors (Lipinski definition) is 2. The van der Waals surface area contributed by atoms with E-state index in [4.69, 9.17) is 4.74 Å². The Labute approximate surface area is 173 Å². The number of carbonyl (C=O) groups is 2. The molecule has 0 aliphatic heterocycles. The van der Waals surface area contributed by atoms with E-state index in [-0.39, 0.29) is 11.8 Å². The SMILES string of the molecule is COc1ccc(C(=O)Nc2ccccc2C(=O)Nc2ccc3ccccc3n2)cc1. The number of pyridine rings is 1. The van der Waals surface area contributed by atoms with Crippen LogP contribution >= 0.6 is 0 Å². The molecule has 0 radical (unpaired) electrons. The molecule has 30 heavy (non-hydrogen) atoms. The summed E-state index contributed by atoms with van der Waals surface area (Å²) in [5, 5.41) is 6.59. The van der Waals surface area contributed by atoms with Crippen molar-refractivity contribution in [2.24, 2.45) is 0 Å². The Morgan fingerprint density at radius 2 is 1.50 bits per heavy atom. The summed E-state index contributed by atoms with van der Waals surface area (Å²) in [6.07, 6.45) is 0. The first-order valence-corrected chi connectivity index (χ1v) is 9.35. The van der Waals surface area contributed by atoms with Gasteiger partial charge in [0.15, 0.2) is 0 Å². The third-order valence-corrected chi connectivity index (χ3v) is 4.61. The highest BCUT2D eigenvalue weighted by atomic mass is 16.5. The first-order chi connectivity index (χ1) is 14.6. The normalized spacial score (nSPS) is 10.4. The summed E-state index contributed by atoms with van der Waals surface area (Å²) >= 11 is 0. The highest BCUT2D eigenvalue weighted by Crippen LogP contribution is 2.20. The number of nitrogens with zero attached hydrogens (tertiary/aromatic N) is 1. The molecule has 6 nitrogen and oxygen atoms in total. The molecule has 0 saturated heterocycles. The highest BCUT2D eigenvalue weighted by Gasteiger charge is 2.15. The number of nitrogens with one attached hydrogen (secondary N) is 2. The number of amides is 2. The summed E-state index contributed by atoms with van der Waals surface area (Å²) in [6, 6.07) is 24.9. The predicted molar refractivity (Wildman–Crippen MR) is 117 cm³/mol. The van der Waals surface area contributed by atoms with Crippen LogP contribution in [-0.2, 0) is 0 Å². The van der Waals surface area contributed by atoms with Crippen LogP contribution < -0.4 is 15.4 Å². The number of carbonyl (C=O) groups excluding carboxylic acids is 2. The fraction of sp³-hybridized carbons (Fsp3) is 0.0417. The molecule has 0 saturated carbocycles. The number of aromatic nitrogens is 1. The van der Waals surface area contributed by atoms with E-state index >= 15 is 0 Å². The van der Waals surface area contributed by atoms with Crippen molar-refractivity contribution in [3.05, 3.63) is 96.1 Å². The third-order valence-electron chi connectivity index (χ3n) is 4.61. The number of para-hydroxylation sites is 2. The average molecular weight is 397 g/mol. The predicted octanol–water partition coefficient (Wildman–Crippen LogP) is 4.75. The summed E-state index contributed by atoms with van der Waals surface area (Å²) in [5.41, 5.74) is 2.00. The number of ether oxygens (including phenoxy) is 1. The first kappa shape index (κ1) is 19.1.